The second kappa shape index (κ2) is 7.20. The van der Waals surface area contributed by atoms with Gasteiger partial charge in [-0.1, -0.05) is 12.1 Å². The maximum absolute atomic E-state index is 11.8. The minimum atomic E-state index is -0.498. The topological polar surface area (TPSA) is 76.1 Å². The summed E-state index contributed by atoms with van der Waals surface area (Å²) < 4.78 is 1.71. The quantitative estimate of drug-likeness (QED) is 0.425. The lowest BCUT2D eigenvalue weighted by atomic mass is 10.3. The van der Waals surface area contributed by atoms with Gasteiger partial charge in [0.15, 0.2) is 12.4 Å². The van der Waals surface area contributed by atoms with Crippen LogP contribution in [0.15, 0.2) is 54.9 Å². The van der Waals surface area contributed by atoms with Gasteiger partial charge in [-0.25, -0.2) is 0 Å². The SMILES string of the molecule is O=C(C[n+]1ccccc1)Nc1cccc([N+](=O)[O-])c1.[Cl-]. The van der Waals surface area contributed by atoms with E-state index in [-0.39, 0.29) is 30.5 Å². The van der Waals surface area contributed by atoms with E-state index in [9.17, 15) is 14.9 Å². The summed E-state index contributed by atoms with van der Waals surface area (Å²) in [5.41, 5.74) is 0.362. The number of amides is 1. The lowest BCUT2D eigenvalue weighted by Gasteiger charge is -2.02. The van der Waals surface area contributed by atoms with Crippen molar-refractivity contribution in [1.29, 1.82) is 0 Å². The molecule has 0 saturated heterocycles. The zero-order valence-corrected chi connectivity index (χ0v) is 11.2. The van der Waals surface area contributed by atoms with Crippen molar-refractivity contribution in [3.8, 4) is 0 Å². The standard InChI is InChI=1S/C13H11N3O3.ClH/c17-13(10-15-7-2-1-3-8-15)14-11-5-4-6-12(9-11)16(18)19;/h1-9H,10H2;1H. The van der Waals surface area contributed by atoms with Crippen molar-refractivity contribution in [2.24, 2.45) is 0 Å². The van der Waals surface area contributed by atoms with Crippen LogP contribution >= 0.6 is 0 Å². The van der Waals surface area contributed by atoms with Gasteiger partial charge in [0.25, 0.3) is 11.6 Å². The number of nitro benzene ring substituents is 1. The monoisotopic (exact) mass is 293 g/mol. The lowest BCUT2D eigenvalue weighted by Crippen LogP contribution is -3.00. The number of hydrogen-bond acceptors (Lipinski definition) is 3. The largest absolute Gasteiger partial charge is 1.00 e. The Balaban J connectivity index is 0.00000200. The fourth-order valence-electron chi connectivity index (χ4n) is 1.60. The summed E-state index contributed by atoms with van der Waals surface area (Å²) in [4.78, 5) is 21.9. The Labute approximate surface area is 121 Å². The molecular weight excluding hydrogens is 282 g/mol. The molecule has 0 spiro atoms. The molecule has 1 aromatic carbocycles. The normalized spacial score (nSPS) is 9.40. The summed E-state index contributed by atoms with van der Waals surface area (Å²) in [6, 6.07) is 11.3. The Hall–Kier alpha value is -2.47. The molecule has 2 rings (SSSR count). The fraction of sp³-hybridized carbons (Fsp3) is 0.0769. The molecule has 0 fully saturated rings. The average molecular weight is 294 g/mol. The Morgan fingerprint density at radius 1 is 1.20 bits per heavy atom. The first kappa shape index (κ1) is 15.6. The molecule has 7 heteroatoms. The van der Waals surface area contributed by atoms with Crippen molar-refractivity contribution in [2.45, 2.75) is 6.54 Å². The average Bonchev–Trinajstić information content (AvgIpc) is 2.40. The number of nitrogens with one attached hydrogen (secondary N) is 1. The first-order valence-corrected chi connectivity index (χ1v) is 5.63. The number of halogens is 1. The molecular formula is C13H12ClN3O3. The van der Waals surface area contributed by atoms with Gasteiger partial charge in [0.1, 0.15) is 0 Å². The molecule has 1 heterocycles. The molecule has 104 valence electrons. The van der Waals surface area contributed by atoms with Crippen LogP contribution in [0.2, 0.25) is 0 Å². The number of pyridine rings is 1. The maximum atomic E-state index is 11.8. The van der Waals surface area contributed by atoms with Crippen LogP contribution in [0.3, 0.4) is 0 Å². The number of non-ortho nitro benzene ring substituents is 1. The first-order valence-electron chi connectivity index (χ1n) is 5.63. The second-order valence-corrected chi connectivity index (χ2v) is 3.90. The molecule has 1 aromatic heterocycles. The first-order chi connectivity index (χ1) is 9.15. The number of carbonyl (C=O) groups excluding carboxylic acids is 1. The molecule has 0 aliphatic rings. The van der Waals surface area contributed by atoms with Gasteiger partial charge in [0.2, 0.25) is 6.54 Å². The predicted molar refractivity (Wildman–Crippen MR) is 68.4 cm³/mol. The molecule has 1 amide bonds. The van der Waals surface area contributed by atoms with Crippen LogP contribution < -0.4 is 22.3 Å². The third kappa shape index (κ3) is 4.33. The third-order valence-corrected chi connectivity index (χ3v) is 2.44. The Morgan fingerprint density at radius 3 is 2.55 bits per heavy atom. The van der Waals surface area contributed by atoms with E-state index in [4.69, 9.17) is 0 Å². The van der Waals surface area contributed by atoms with Crippen LogP contribution in [0.4, 0.5) is 11.4 Å². The van der Waals surface area contributed by atoms with E-state index in [0.717, 1.165) is 0 Å². The van der Waals surface area contributed by atoms with Gasteiger partial charge in [-0.05, 0) is 6.07 Å². The molecule has 0 saturated carbocycles. The number of hydrogen-bond donors (Lipinski definition) is 1. The van der Waals surface area contributed by atoms with Gasteiger partial charge in [-0.2, -0.15) is 4.57 Å². The van der Waals surface area contributed by atoms with Crippen molar-refractivity contribution in [3.05, 3.63) is 65.0 Å². The Bertz CT molecular complexity index is 605. The van der Waals surface area contributed by atoms with E-state index in [1.807, 2.05) is 18.2 Å². The minimum Gasteiger partial charge on any atom is -1.00 e. The summed E-state index contributed by atoms with van der Waals surface area (Å²) in [7, 11) is 0. The highest BCUT2D eigenvalue weighted by Crippen LogP contribution is 2.16. The molecule has 0 radical (unpaired) electrons. The molecule has 6 nitrogen and oxygen atoms in total. The molecule has 0 unspecified atom stereocenters. The highest BCUT2D eigenvalue weighted by Gasteiger charge is 2.11. The van der Waals surface area contributed by atoms with E-state index in [0.29, 0.717) is 5.69 Å². The predicted octanol–water partition coefficient (Wildman–Crippen LogP) is -1.47. The van der Waals surface area contributed by atoms with Crippen LogP contribution in [0, 0.1) is 10.1 Å². The summed E-state index contributed by atoms with van der Waals surface area (Å²) in [5, 5.41) is 13.2. The Morgan fingerprint density at radius 2 is 1.90 bits per heavy atom. The number of anilines is 1. The molecule has 20 heavy (non-hydrogen) atoms. The van der Waals surface area contributed by atoms with Crippen LogP contribution in [-0.2, 0) is 11.3 Å². The van der Waals surface area contributed by atoms with E-state index >= 15 is 0 Å². The van der Waals surface area contributed by atoms with Crippen molar-refractivity contribution in [2.75, 3.05) is 5.32 Å². The highest BCUT2D eigenvalue weighted by molar-refractivity contribution is 5.89. The third-order valence-electron chi connectivity index (χ3n) is 2.44. The number of aromatic nitrogens is 1. The van der Waals surface area contributed by atoms with E-state index in [2.05, 4.69) is 5.32 Å². The van der Waals surface area contributed by atoms with Crippen molar-refractivity contribution >= 4 is 17.3 Å². The summed E-state index contributed by atoms with van der Waals surface area (Å²) >= 11 is 0. The summed E-state index contributed by atoms with van der Waals surface area (Å²) in [6.07, 6.45) is 3.54. The van der Waals surface area contributed by atoms with Crippen molar-refractivity contribution < 1.29 is 26.7 Å². The van der Waals surface area contributed by atoms with E-state index < -0.39 is 4.92 Å². The zero-order valence-electron chi connectivity index (χ0n) is 10.4. The molecule has 0 aliphatic carbocycles. The number of nitro groups is 1. The number of nitrogens with zero attached hydrogens (tertiary/aromatic N) is 2. The van der Waals surface area contributed by atoms with Crippen molar-refractivity contribution in [3.63, 3.8) is 0 Å². The Kier molecular flexibility index (Phi) is 5.61. The number of carbonyl (C=O) groups is 1. The molecule has 0 atom stereocenters. The second-order valence-electron chi connectivity index (χ2n) is 3.90. The van der Waals surface area contributed by atoms with Gasteiger partial charge in [0.05, 0.1) is 4.92 Å². The van der Waals surface area contributed by atoms with Crippen molar-refractivity contribution in [1.82, 2.24) is 0 Å². The van der Waals surface area contributed by atoms with Crippen LogP contribution in [0.25, 0.3) is 0 Å². The summed E-state index contributed by atoms with van der Waals surface area (Å²) in [5.74, 6) is -0.239. The van der Waals surface area contributed by atoms with Gasteiger partial charge < -0.3 is 17.7 Å². The van der Waals surface area contributed by atoms with Gasteiger partial charge in [0, 0.05) is 30.0 Å². The van der Waals surface area contributed by atoms with Crippen LogP contribution in [0.1, 0.15) is 0 Å². The highest BCUT2D eigenvalue weighted by atomic mass is 35.5. The summed E-state index contributed by atoms with van der Waals surface area (Å²) in [6.45, 7) is 0.156. The van der Waals surface area contributed by atoms with Gasteiger partial charge in [-0.15, -0.1) is 0 Å². The maximum Gasteiger partial charge on any atom is 0.290 e. The van der Waals surface area contributed by atoms with Gasteiger partial charge in [-0.3, -0.25) is 14.9 Å². The number of benzene rings is 1. The molecule has 1 N–H and O–H groups in total. The lowest BCUT2D eigenvalue weighted by molar-refractivity contribution is -0.684. The molecule has 2 aromatic rings. The number of rotatable bonds is 4. The zero-order chi connectivity index (χ0) is 13.7. The van der Waals surface area contributed by atoms with Crippen LogP contribution in [-0.4, -0.2) is 10.8 Å². The fourth-order valence-corrected chi connectivity index (χ4v) is 1.60. The van der Waals surface area contributed by atoms with E-state index in [1.54, 1.807) is 23.0 Å². The van der Waals surface area contributed by atoms with Crippen LogP contribution in [0.5, 0.6) is 0 Å². The smallest absolute Gasteiger partial charge is 0.290 e. The molecule has 0 aliphatic heterocycles. The van der Waals surface area contributed by atoms with E-state index in [1.165, 1.54) is 18.2 Å². The van der Waals surface area contributed by atoms with Gasteiger partial charge >= 0.3 is 0 Å². The minimum absolute atomic E-state index is 0. The molecule has 0 bridgehead atoms.